The van der Waals surface area contributed by atoms with Crippen LogP contribution in [0.15, 0.2) is 24.3 Å². The zero-order chi connectivity index (χ0) is 14.7. The summed E-state index contributed by atoms with van der Waals surface area (Å²) in [5.74, 6) is 0.726. The van der Waals surface area contributed by atoms with Gasteiger partial charge in [0.25, 0.3) is 0 Å². The van der Waals surface area contributed by atoms with Gasteiger partial charge >= 0.3 is 0 Å². The molecule has 2 heterocycles. The van der Waals surface area contributed by atoms with Crippen LogP contribution in [0.3, 0.4) is 0 Å². The van der Waals surface area contributed by atoms with Gasteiger partial charge in [0.15, 0.2) is 0 Å². The Labute approximate surface area is 134 Å². The maximum Gasteiger partial charge on any atom is 0.223 e. The Bertz CT molecular complexity index is 503. The molecule has 1 atom stereocenters. The number of likely N-dealkylation sites (tertiary alicyclic amines) is 1. The Balaban J connectivity index is 1.74. The normalized spacial score (nSPS) is 22.9. The number of hydrogen-bond donors (Lipinski definition) is 0. The van der Waals surface area contributed by atoms with Crippen molar-refractivity contribution >= 4 is 27.5 Å². The zero-order valence-corrected chi connectivity index (χ0v) is 13.7. The third-order valence-corrected chi connectivity index (χ3v) is 5.13. The number of benzene rings is 1. The van der Waals surface area contributed by atoms with Crippen molar-refractivity contribution in [1.82, 2.24) is 4.90 Å². The van der Waals surface area contributed by atoms with Crippen molar-refractivity contribution in [3.05, 3.63) is 29.8 Å². The van der Waals surface area contributed by atoms with Gasteiger partial charge in [-0.2, -0.15) is 0 Å². The highest BCUT2D eigenvalue weighted by atomic mass is 79.9. The van der Waals surface area contributed by atoms with E-state index in [2.05, 4.69) is 45.1 Å². The van der Waals surface area contributed by atoms with Crippen LogP contribution in [-0.2, 0) is 16.1 Å². The van der Waals surface area contributed by atoms with Crippen LogP contribution in [0.1, 0.15) is 12.0 Å². The number of nitrogens with zero attached hydrogens (tertiary/aromatic N) is 2. The van der Waals surface area contributed by atoms with Crippen LogP contribution in [0.5, 0.6) is 0 Å². The highest BCUT2D eigenvalue weighted by Crippen LogP contribution is 2.26. The molecule has 2 saturated heterocycles. The Hall–Kier alpha value is -1.07. The molecule has 0 N–H and O–H groups in total. The molecule has 5 heteroatoms. The monoisotopic (exact) mass is 352 g/mol. The summed E-state index contributed by atoms with van der Waals surface area (Å²) in [6, 6.07) is 8.42. The molecule has 1 amide bonds. The van der Waals surface area contributed by atoms with Crippen LogP contribution >= 0.6 is 15.9 Å². The van der Waals surface area contributed by atoms with E-state index in [-0.39, 0.29) is 5.91 Å². The summed E-state index contributed by atoms with van der Waals surface area (Å²) in [6.07, 6.45) is 0.672. The molecule has 0 saturated carbocycles. The minimum Gasteiger partial charge on any atom is -0.378 e. The predicted octanol–water partition coefficient (Wildman–Crippen LogP) is 2.27. The summed E-state index contributed by atoms with van der Waals surface area (Å²) in [6.45, 7) is 4.99. The molecule has 2 aliphatic rings. The molecule has 114 valence electrons. The fraction of sp³-hybridized carbons (Fsp3) is 0.562. The first-order chi connectivity index (χ1) is 10.3. The summed E-state index contributed by atoms with van der Waals surface area (Å²) >= 11 is 3.49. The molecule has 0 radical (unpaired) electrons. The molecule has 1 unspecified atom stereocenters. The first kappa shape index (κ1) is 14.9. The quantitative estimate of drug-likeness (QED) is 0.779. The van der Waals surface area contributed by atoms with Crippen molar-refractivity contribution in [2.24, 2.45) is 5.92 Å². The molecule has 0 bridgehead atoms. The van der Waals surface area contributed by atoms with Crippen LogP contribution in [0.25, 0.3) is 0 Å². The SMILES string of the molecule is O=C1CC(CBr)CN1Cc1ccccc1N1CCOCC1. The maximum absolute atomic E-state index is 12.1. The molecule has 0 spiro atoms. The number of anilines is 1. The van der Waals surface area contributed by atoms with E-state index in [1.54, 1.807) is 0 Å². The second kappa shape index (κ2) is 6.79. The molecule has 21 heavy (non-hydrogen) atoms. The second-order valence-electron chi connectivity index (χ2n) is 5.73. The number of carbonyl (C=O) groups is 1. The van der Waals surface area contributed by atoms with E-state index < -0.39 is 0 Å². The number of alkyl halides is 1. The average molecular weight is 353 g/mol. The van der Waals surface area contributed by atoms with Gasteiger partial charge in [0, 0.05) is 43.6 Å². The number of carbonyl (C=O) groups excluding carboxylic acids is 1. The molecule has 3 rings (SSSR count). The van der Waals surface area contributed by atoms with E-state index in [9.17, 15) is 4.79 Å². The molecule has 0 aromatic heterocycles. The van der Waals surface area contributed by atoms with E-state index in [0.717, 1.165) is 44.7 Å². The molecule has 2 aliphatic heterocycles. The minimum absolute atomic E-state index is 0.274. The fourth-order valence-corrected chi connectivity index (χ4v) is 3.51. The van der Waals surface area contributed by atoms with Crippen molar-refractivity contribution in [3.8, 4) is 0 Å². The third-order valence-electron chi connectivity index (χ3n) is 4.22. The first-order valence-corrected chi connectivity index (χ1v) is 8.64. The van der Waals surface area contributed by atoms with Gasteiger partial charge in [-0.15, -0.1) is 0 Å². The van der Waals surface area contributed by atoms with Crippen molar-refractivity contribution in [2.45, 2.75) is 13.0 Å². The van der Waals surface area contributed by atoms with Crippen LogP contribution in [0.2, 0.25) is 0 Å². The fourth-order valence-electron chi connectivity index (χ4n) is 3.07. The van der Waals surface area contributed by atoms with Gasteiger partial charge in [-0.25, -0.2) is 0 Å². The molecule has 0 aliphatic carbocycles. The lowest BCUT2D eigenvalue weighted by Crippen LogP contribution is -2.37. The average Bonchev–Trinajstić information content (AvgIpc) is 2.89. The van der Waals surface area contributed by atoms with E-state index in [1.165, 1.54) is 11.3 Å². The van der Waals surface area contributed by atoms with Gasteiger partial charge in [0.2, 0.25) is 5.91 Å². The van der Waals surface area contributed by atoms with Gasteiger partial charge in [-0.1, -0.05) is 34.1 Å². The van der Waals surface area contributed by atoms with Crippen molar-refractivity contribution in [2.75, 3.05) is 43.1 Å². The largest absolute Gasteiger partial charge is 0.378 e. The topological polar surface area (TPSA) is 32.8 Å². The van der Waals surface area contributed by atoms with E-state index in [0.29, 0.717) is 12.3 Å². The molecular formula is C16H21BrN2O2. The van der Waals surface area contributed by atoms with Crippen LogP contribution in [0.4, 0.5) is 5.69 Å². The number of ether oxygens (including phenoxy) is 1. The van der Waals surface area contributed by atoms with Gasteiger partial charge in [0.1, 0.15) is 0 Å². The zero-order valence-electron chi connectivity index (χ0n) is 12.1. The molecule has 1 aromatic rings. The first-order valence-electron chi connectivity index (χ1n) is 7.52. The Morgan fingerprint density at radius 3 is 2.71 bits per heavy atom. The molecular weight excluding hydrogens is 332 g/mol. The summed E-state index contributed by atoms with van der Waals surface area (Å²) in [4.78, 5) is 16.5. The van der Waals surface area contributed by atoms with Crippen molar-refractivity contribution < 1.29 is 9.53 Å². The van der Waals surface area contributed by atoms with Gasteiger partial charge < -0.3 is 14.5 Å². The Kier molecular flexibility index (Phi) is 4.80. The summed E-state index contributed by atoms with van der Waals surface area (Å²) in [7, 11) is 0. The Morgan fingerprint density at radius 2 is 2.00 bits per heavy atom. The van der Waals surface area contributed by atoms with E-state index in [1.807, 2.05) is 4.90 Å². The highest BCUT2D eigenvalue weighted by Gasteiger charge is 2.29. The second-order valence-corrected chi connectivity index (χ2v) is 6.37. The lowest BCUT2D eigenvalue weighted by Gasteiger charge is -2.31. The molecule has 4 nitrogen and oxygen atoms in total. The van der Waals surface area contributed by atoms with Crippen LogP contribution in [-0.4, -0.2) is 49.0 Å². The van der Waals surface area contributed by atoms with Crippen LogP contribution < -0.4 is 4.90 Å². The van der Waals surface area contributed by atoms with Crippen LogP contribution in [0, 0.1) is 5.92 Å². The summed E-state index contributed by atoms with van der Waals surface area (Å²) in [5.41, 5.74) is 2.49. The van der Waals surface area contributed by atoms with E-state index in [4.69, 9.17) is 4.74 Å². The highest BCUT2D eigenvalue weighted by molar-refractivity contribution is 9.09. The lowest BCUT2D eigenvalue weighted by atomic mass is 10.1. The maximum atomic E-state index is 12.1. The number of morpholine rings is 1. The smallest absolute Gasteiger partial charge is 0.223 e. The van der Waals surface area contributed by atoms with Crippen molar-refractivity contribution in [3.63, 3.8) is 0 Å². The predicted molar refractivity (Wildman–Crippen MR) is 86.8 cm³/mol. The molecule has 2 fully saturated rings. The van der Waals surface area contributed by atoms with Gasteiger partial charge in [-0.3, -0.25) is 4.79 Å². The molecule has 1 aromatic carbocycles. The third kappa shape index (κ3) is 3.40. The summed E-state index contributed by atoms with van der Waals surface area (Å²) < 4.78 is 5.43. The minimum atomic E-state index is 0.274. The standard InChI is InChI=1S/C16H21BrN2O2/c17-10-13-9-16(20)19(11-13)12-14-3-1-2-4-15(14)18-5-7-21-8-6-18/h1-4,13H,5-12H2. The van der Waals surface area contributed by atoms with Gasteiger partial charge in [0.05, 0.1) is 13.2 Å². The van der Waals surface area contributed by atoms with Crippen molar-refractivity contribution in [1.29, 1.82) is 0 Å². The van der Waals surface area contributed by atoms with Gasteiger partial charge in [-0.05, 0) is 17.5 Å². The number of amides is 1. The van der Waals surface area contributed by atoms with E-state index >= 15 is 0 Å². The Morgan fingerprint density at radius 1 is 1.24 bits per heavy atom. The number of halogens is 1. The number of rotatable bonds is 4. The number of hydrogen-bond acceptors (Lipinski definition) is 3. The lowest BCUT2D eigenvalue weighted by molar-refractivity contribution is -0.128. The number of para-hydroxylation sites is 1. The summed E-state index contributed by atoms with van der Waals surface area (Å²) in [5, 5.41) is 0.903.